The zero-order chi connectivity index (χ0) is 11.9. The Morgan fingerprint density at radius 1 is 0.875 bits per heavy atom. The van der Waals surface area contributed by atoms with Crippen molar-refractivity contribution in [3.8, 4) is 0 Å². The molecule has 5 nitrogen and oxygen atoms in total. The Labute approximate surface area is 96.0 Å². The van der Waals surface area contributed by atoms with Gasteiger partial charge < -0.3 is 5.73 Å². The zero-order valence-corrected chi connectivity index (χ0v) is 9.94. The van der Waals surface area contributed by atoms with Crippen LogP contribution in [0.3, 0.4) is 0 Å². The third-order valence-electron chi connectivity index (χ3n) is 4.30. The smallest absolute Gasteiger partial charge is 0.327 e. The highest BCUT2D eigenvalue weighted by Gasteiger charge is 2.46. The van der Waals surface area contributed by atoms with Gasteiger partial charge in [-0.2, -0.15) is 8.42 Å². The Bertz CT molecular complexity index is 318. The van der Waals surface area contributed by atoms with E-state index in [0.717, 1.165) is 23.7 Å². The quantitative estimate of drug-likeness (QED) is 0.558. The molecule has 4 aliphatic carbocycles. The van der Waals surface area contributed by atoms with E-state index in [1.807, 2.05) is 0 Å². The highest BCUT2D eigenvalue weighted by molar-refractivity contribution is 7.79. The maximum atomic E-state index is 8.74. The van der Waals surface area contributed by atoms with Crippen LogP contribution in [0.4, 0.5) is 0 Å². The third kappa shape index (κ3) is 2.94. The fourth-order valence-corrected chi connectivity index (χ4v) is 3.97. The van der Waals surface area contributed by atoms with Gasteiger partial charge in [0, 0.05) is 6.04 Å². The summed E-state index contributed by atoms with van der Waals surface area (Å²) >= 11 is 0. The molecule has 4 aliphatic rings. The Hall–Kier alpha value is -0.170. The summed E-state index contributed by atoms with van der Waals surface area (Å²) in [4.78, 5) is 0. The van der Waals surface area contributed by atoms with Gasteiger partial charge in [-0.3, -0.25) is 9.11 Å². The predicted octanol–water partition coefficient (Wildman–Crippen LogP) is 1.12. The Kier molecular flexibility index (Phi) is 3.27. The van der Waals surface area contributed by atoms with E-state index in [2.05, 4.69) is 0 Å². The van der Waals surface area contributed by atoms with Gasteiger partial charge in [0.2, 0.25) is 0 Å². The lowest BCUT2D eigenvalue weighted by atomic mass is 9.54. The highest BCUT2D eigenvalue weighted by Crippen LogP contribution is 2.52. The second-order valence-corrected chi connectivity index (χ2v) is 6.35. The van der Waals surface area contributed by atoms with Crippen LogP contribution < -0.4 is 5.73 Å². The highest BCUT2D eigenvalue weighted by atomic mass is 32.3. The van der Waals surface area contributed by atoms with Gasteiger partial charge in [-0.25, -0.2) is 0 Å². The van der Waals surface area contributed by atoms with Crippen molar-refractivity contribution in [2.75, 3.05) is 0 Å². The summed E-state index contributed by atoms with van der Waals surface area (Å²) in [6.07, 6.45) is 7.41. The second kappa shape index (κ2) is 4.25. The maximum absolute atomic E-state index is 8.74. The average Bonchev–Trinajstić information content (AvgIpc) is 2.09. The molecule has 4 N–H and O–H groups in total. The van der Waals surface area contributed by atoms with Gasteiger partial charge in [0.1, 0.15) is 0 Å². The van der Waals surface area contributed by atoms with Gasteiger partial charge >= 0.3 is 10.4 Å². The summed E-state index contributed by atoms with van der Waals surface area (Å²) in [7, 11) is -4.67. The molecule has 0 unspecified atom stereocenters. The molecule has 4 fully saturated rings. The van der Waals surface area contributed by atoms with Crippen LogP contribution in [0.15, 0.2) is 0 Å². The molecule has 0 atom stereocenters. The van der Waals surface area contributed by atoms with Crippen LogP contribution in [-0.4, -0.2) is 23.6 Å². The lowest BCUT2D eigenvalue weighted by Crippen LogP contribution is -2.52. The molecule has 6 heteroatoms. The first-order valence-corrected chi connectivity index (χ1v) is 7.18. The molecule has 0 aliphatic heterocycles. The van der Waals surface area contributed by atoms with Crippen molar-refractivity contribution in [1.82, 2.24) is 0 Å². The molecule has 94 valence electrons. The normalized spacial score (nSPS) is 45.1. The molecule has 0 spiro atoms. The van der Waals surface area contributed by atoms with Crippen LogP contribution >= 0.6 is 0 Å². The van der Waals surface area contributed by atoms with Gasteiger partial charge in [-0.15, -0.1) is 0 Å². The number of nitrogens with two attached hydrogens (primary N) is 1. The fraction of sp³-hybridized carbons (Fsp3) is 1.00. The van der Waals surface area contributed by atoms with Crippen molar-refractivity contribution in [2.24, 2.45) is 29.4 Å². The Morgan fingerprint density at radius 3 is 1.50 bits per heavy atom. The number of hydrogen-bond donors (Lipinski definition) is 3. The third-order valence-corrected chi connectivity index (χ3v) is 4.30. The first kappa shape index (κ1) is 12.3. The minimum absolute atomic E-state index is 0.586. The molecule has 0 aromatic heterocycles. The predicted molar refractivity (Wildman–Crippen MR) is 59.2 cm³/mol. The maximum Gasteiger partial charge on any atom is 0.394 e. The van der Waals surface area contributed by atoms with E-state index in [9.17, 15) is 0 Å². The summed E-state index contributed by atoms with van der Waals surface area (Å²) in [5.41, 5.74) is 6.17. The zero-order valence-electron chi connectivity index (χ0n) is 9.12. The molecule has 0 aromatic carbocycles. The summed E-state index contributed by atoms with van der Waals surface area (Å²) in [5.74, 6) is 4.01. The van der Waals surface area contributed by atoms with E-state index in [-0.39, 0.29) is 0 Å². The molecule has 4 rings (SSSR count). The van der Waals surface area contributed by atoms with Crippen molar-refractivity contribution >= 4 is 10.4 Å². The molecule has 0 amide bonds. The summed E-state index contributed by atoms with van der Waals surface area (Å²) < 4.78 is 31.6. The van der Waals surface area contributed by atoms with Crippen molar-refractivity contribution < 1.29 is 17.5 Å². The molecule has 4 bridgehead atoms. The minimum atomic E-state index is -4.67. The van der Waals surface area contributed by atoms with Crippen molar-refractivity contribution in [3.63, 3.8) is 0 Å². The lowest BCUT2D eigenvalue weighted by Gasteiger charge is -2.53. The minimum Gasteiger partial charge on any atom is -0.327 e. The molecule has 0 radical (unpaired) electrons. The fourth-order valence-electron chi connectivity index (χ4n) is 3.97. The largest absolute Gasteiger partial charge is 0.394 e. The van der Waals surface area contributed by atoms with Crippen LogP contribution in [-0.2, 0) is 10.4 Å². The summed E-state index contributed by atoms with van der Waals surface area (Å²) in [5, 5.41) is 0. The van der Waals surface area contributed by atoms with Crippen molar-refractivity contribution in [1.29, 1.82) is 0 Å². The van der Waals surface area contributed by atoms with Crippen molar-refractivity contribution in [3.05, 3.63) is 0 Å². The molecular weight excluding hydrogens is 230 g/mol. The standard InChI is InChI=1S/C10H17N.H2O4S/c11-10-8-2-6-1-7(4-8)5-9(10)3-6;1-5(2,3)4/h6-10H,1-5,11H2;(H2,1,2,3,4). The molecule has 0 aromatic rings. The SMILES string of the molecule is NC1C2CC3CC(C2)CC1C3.O=S(=O)(O)O. The van der Waals surface area contributed by atoms with Crippen LogP contribution in [0.2, 0.25) is 0 Å². The molecular formula is C10H19NO4S. The van der Waals surface area contributed by atoms with Gasteiger partial charge in [0.15, 0.2) is 0 Å². The van der Waals surface area contributed by atoms with E-state index >= 15 is 0 Å². The van der Waals surface area contributed by atoms with E-state index in [0.29, 0.717) is 6.04 Å². The monoisotopic (exact) mass is 249 g/mol. The van der Waals surface area contributed by atoms with E-state index < -0.39 is 10.4 Å². The van der Waals surface area contributed by atoms with Crippen LogP contribution in [0.25, 0.3) is 0 Å². The number of hydrogen-bond acceptors (Lipinski definition) is 3. The topological polar surface area (TPSA) is 101 Å². The second-order valence-electron chi connectivity index (χ2n) is 5.46. The van der Waals surface area contributed by atoms with Crippen LogP contribution in [0, 0.1) is 23.7 Å². The Balaban J connectivity index is 0.000000168. The number of rotatable bonds is 0. The summed E-state index contributed by atoms with van der Waals surface area (Å²) in [6.45, 7) is 0. The van der Waals surface area contributed by atoms with E-state index in [1.165, 1.54) is 25.7 Å². The lowest BCUT2D eigenvalue weighted by molar-refractivity contribution is 0.000349. The molecule has 0 heterocycles. The van der Waals surface area contributed by atoms with Gasteiger partial charge in [0.25, 0.3) is 0 Å². The first-order chi connectivity index (χ1) is 7.33. The molecule has 4 saturated carbocycles. The molecule has 0 saturated heterocycles. The van der Waals surface area contributed by atoms with E-state index in [1.54, 1.807) is 6.42 Å². The van der Waals surface area contributed by atoms with Gasteiger partial charge in [-0.1, -0.05) is 0 Å². The molecule has 16 heavy (non-hydrogen) atoms. The van der Waals surface area contributed by atoms with Crippen LogP contribution in [0.1, 0.15) is 32.1 Å². The van der Waals surface area contributed by atoms with Crippen LogP contribution in [0.5, 0.6) is 0 Å². The average molecular weight is 249 g/mol. The first-order valence-electron chi connectivity index (χ1n) is 5.78. The Morgan fingerprint density at radius 2 is 1.19 bits per heavy atom. The van der Waals surface area contributed by atoms with Gasteiger partial charge in [0.05, 0.1) is 0 Å². The van der Waals surface area contributed by atoms with E-state index in [4.69, 9.17) is 23.3 Å². The summed E-state index contributed by atoms with van der Waals surface area (Å²) in [6, 6.07) is 0.586. The van der Waals surface area contributed by atoms with Gasteiger partial charge in [-0.05, 0) is 55.8 Å². The van der Waals surface area contributed by atoms with Crippen molar-refractivity contribution in [2.45, 2.75) is 38.1 Å².